The number of fused-ring (bicyclic) bond motifs is 7. The molecule has 2 aromatic heterocycles. The van der Waals surface area contributed by atoms with Gasteiger partial charge in [-0.3, -0.25) is 0 Å². The number of aromatic nitrogens is 1. The Morgan fingerprint density at radius 2 is 1.02 bits per heavy atom. The number of rotatable bonds is 4. The van der Waals surface area contributed by atoms with Gasteiger partial charge in [-0.05, 0) is 83.6 Å². The van der Waals surface area contributed by atoms with Gasteiger partial charge < -0.3 is 9.47 Å². The molecule has 0 aliphatic rings. The van der Waals surface area contributed by atoms with Crippen molar-refractivity contribution in [3.05, 3.63) is 158 Å². The van der Waals surface area contributed by atoms with Crippen LogP contribution in [0.25, 0.3) is 58.4 Å². The summed E-state index contributed by atoms with van der Waals surface area (Å²) in [7, 11) is 0. The van der Waals surface area contributed by atoms with Gasteiger partial charge in [-0.2, -0.15) is 0 Å². The Balaban J connectivity index is 1.26. The number of thiophene rings is 1. The summed E-state index contributed by atoms with van der Waals surface area (Å²) in [5.41, 5.74) is 7.02. The van der Waals surface area contributed by atoms with Crippen molar-refractivity contribution >= 4 is 81.1 Å². The van der Waals surface area contributed by atoms with E-state index in [4.69, 9.17) is 0 Å². The van der Waals surface area contributed by atoms with Crippen molar-refractivity contribution in [1.29, 1.82) is 0 Å². The number of hydrogen-bond acceptors (Lipinski definition) is 2. The van der Waals surface area contributed by atoms with Gasteiger partial charge in [0, 0.05) is 53.7 Å². The van der Waals surface area contributed by atoms with E-state index in [1.54, 1.807) is 0 Å². The van der Waals surface area contributed by atoms with Gasteiger partial charge in [-0.25, -0.2) is 0 Å². The highest BCUT2D eigenvalue weighted by molar-refractivity contribution is 7.25. The Bertz CT molecular complexity index is 2450. The van der Waals surface area contributed by atoms with Gasteiger partial charge in [0.1, 0.15) is 0 Å². The molecule has 202 valence electrons. The SMILES string of the molecule is c1ccc(N(c2ccc3c(c2)sc2cc4ccccc4cc23)c2ccc3c(c2)c2ccccc2n3-c2ccccc2)cc1. The highest BCUT2D eigenvalue weighted by atomic mass is 32.1. The molecule has 0 amide bonds. The zero-order valence-corrected chi connectivity index (χ0v) is 24.1. The molecule has 43 heavy (non-hydrogen) atoms. The van der Waals surface area contributed by atoms with Gasteiger partial charge in [0.2, 0.25) is 0 Å². The number of nitrogens with zero attached hydrogens (tertiary/aromatic N) is 2. The summed E-state index contributed by atoms with van der Waals surface area (Å²) in [6, 6.07) is 57.2. The lowest BCUT2D eigenvalue weighted by Crippen LogP contribution is -2.09. The van der Waals surface area contributed by atoms with Crippen molar-refractivity contribution in [3.8, 4) is 5.69 Å². The maximum atomic E-state index is 2.38. The zero-order valence-electron chi connectivity index (χ0n) is 23.3. The maximum absolute atomic E-state index is 2.38. The molecule has 9 aromatic rings. The molecule has 2 nitrogen and oxygen atoms in total. The molecular formula is C40H26N2S. The van der Waals surface area contributed by atoms with E-state index in [1.807, 2.05) is 11.3 Å². The van der Waals surface area contributed by atoms with Gasteiger partial charge in [-0.1, -0.05) is 84.9 Å². The van der Waals surface area contributed by atoms with Crippen LogP contribution in [0.1, 0.15) is 0 Å². The predicted octanol–water partition coefficient (Wildman–Crippen LogP) is 11.8. The second kappa shape index (κ2) is 9.59. The molecular weight excluding hydrogens is 541 g/mol. The summed E-state index contributed by atoms with van der Waals surface area (Å²) in [5, 5.41) is 7.70. The highest BCUT2D eigenvalue weighted by Crippen LogP contribution is 2.43. The van der Waals surface area contributed by atoms with E-state index >= 15 is 0 Å². The topological polar surface area (TPSA) is 8.17 Å². The predicted molar refractivity (Wildman–Crippen MR) is 186 cm³/mol. The third kappa shape index (κ3) is 3.86. The smallest absolute Gasteiger partial charge is 0.0542 e. The molecule has 0 unspecified atom stereocenters. The van der Waals surface area contributed by atoms with E-state index < -0.39 is 0 Å². The molecule has 3 heteroatoms. The average molecular weight is 567 g/mol. The number of benzene rings is 7. The zero-order chi connectivity index (χ0) is 28.3. The average Bonchev–Trinajstić information content (AvgIpc) is 3.59. The lowest BCUT2D eigenvalue weighted by atomic mass is 10.1. The second-order valence-corrected chi connectivity index (χ2v) is 12.1. The summed E-state index contributed by atoms with van der Waals surface area (Å²) in [4.78, 5) is 2.38. The van der Waals surface area contributed by atoms with E-state index in [-0.39, 0.29) is 0 Å². The third-order valence-electron chi connectivity index (χ3n) is 8.52. The van der Waals surface area contributed by atoms with Gasteiger partial charge in [0.25, 0.3) is 0 Å². The Kier molecular flexibility index (Phi) is 5.40. The van der Waals surface area contributed by atoms with Crippen LogP contribution in [0.5, 0.6) is 0 Å². The molecule has 0 saturated carbocycles. The highest BCUT2D eigenvalue weighted by Gasteiger charge is 2.18. The summed E-state index contributed by atoms with van der Waals surface area (Å²) < 4.78 is 4.99. The molecule has 7 aromatic carbocycles. The molecule has 9 rings (SSSR count). The van der Waals surface area contributed by atoms with E-state index in [9.17, 15) is 0 Å². The van der Waals surface area contributed by atoms with Crippen molar-refractivity contribution in [2.24, 2.45) is 0 Å². The fourth-order valence-corrected chi connectivity index (χ4v) is 7.74. The summed E-state index contributed by atoms with van der Waals surface area (Å²) in [6.45, 7) is 0. The first kappa shape index (κ1) is 24.2. The van der Waals surface area contributed by atoms with E-state index in [1.165, 1.54) is 58.4 Å². The second-order valence-electron chi connectivity index (χ2n) is 11.0. The van der Waals surface area contributed by atoms with Crippen molar-refractivity contribution in [3.63, 3.8) is 0 Å². The molecule has 2 heterocycles. The lowest BCUT2D eigenvalue weighted by Gasteiger charge is -2.25. The van der Waals surface area contributed by atoms with Gasteiger partial charge in [0.05, 0.1) is 11.0 Å². The van der Waals surface area contributed by atoms with E-state index in [0.29, 0.717) is 0 Å². The standard InChI is InChI=1S/C40H26N2S/c1-3-13-29(14-4-1)41(32-19-21-34-36-23-27-11-7-8-12-28(27)24-39(36)43-40(34)26-32)31-20-22-38-35(25-31)33-17-9-10-18-37(33)42(38)30-15-5-2-6-16-30/h1-26H. The first-order chi connectivity index (χ1) is 21.3. The molecule has 0 radical (unpaired) electrons. The van der Waals surface area contributed by atoms with Crippen molar-refractivity contribution in [2.45, 2.75) is 0 Å². The number of para-hydroxylation sites is 3. The molecule has 0 saturated heterocycles. The Labute approximate surface area is 253 Å². The lowest BCUT2D eigenvalue weighted by molar-refractivity contribution is 1.18. The van der Waals surface area contributed by atoms with Crippen LogP contribution in [0.2, 0.25) is 0 Å². The summed E-state index contributed by atoms with van der Waals surface area (Å²) >= 11 is 1.87. The largest absolute Gasteiger partial charge is 0.310 e. The molecule has 0 spiro atoms. The molecule has 0 N–H and O–H groups in total. The Morgan fingerprint density at radius 1 is 0.395 bits per heavy atom. The van der Waals surface area contributed by atoms with E-state index in [2.05, 4.69) is 167 Å². The molecule has 0 bridgehead atoms. The van der Waals surface area contributed by atoms with Gasteiger partial charge in [-0.15, -0.1) is 11.3 Å². The quantitative estimate of drug-likeness (QED) is 0.206. The summed E-state index contributed by atoms with van der Waals surface area (Å²) in [6.07, 6.45) is 0. The summed E-state index contributed by atoms with van der Waals surface area (Å²) in [5.74, 6) is 0. The van der Waals surface area contributed by atoms with Crippen LogP contribution in [-0.4, -0.2) is 4.57 Å². The number of hydrogen-bond donors (Lipinski definition) is 0. The van der Waals surface area contributed by atoms with Crippen LogP contribution in [0.4, 0.5) is 17.1 Å². The third-order valence-corrected chi connectivity index (χ3v) is 9.64. The Morgan fingerprint density at radius 3 is 1.86 bits per heavy atom. The van der Waals surface area contributed by atoms with Crippen LogP contribution < -0.4 is 4.90 Å². The van der Waals surface area contributed by atoms with Crippen LogP contribution in [-0.2, 0) is 0 Å². The van der Waals surface area contributed by atoms with Crippen molar-refractivity contribution < 1.29 is 0 Å². The van der Waals surface area contributed by atoms with Crippen LogP contribution >= 0.6 is 11.3 Å². The monoisotopic (exact) mass is 566 g/mol. The molecule has 0 aliphatic heterocycles. The van der Waals surface area contributed by atoms with E-state index in [0.717, 1.165) is 17.1 Å². The van der Waals surface area contributed by atoms with Crippen LogP contribution in [0.15, 0.2) is 158 Å². The Hall–Kier alpha value is -5.38. The van der Waals surface area contributed by atoms with Crippen LogP contribution in [0, 0.1) is 0 Å². The molecule has 0 aliphatic carbocycles. The normalized spacial score (nSPS) is 11.7. The number of anilines is 3. The first-order valence-electron chi connectivity index (χ1n) is 14.6. The van der Waals surface area contributed by atoms with Crippen molar-refractivity contribution in [1.82, 2.24) is 4.57 Å². The minimum absolute atomic E-state index is 1.14. The minimum atomic E-state index is 1.14. The first-order valence-corrected chi connectivity index (χ1v) is 15.4. The molecule has 0 atom stereocenters. The van der Waals surface area contributed by atoms with Gasteiger partial charge in [0.15, 0.2) is 0 Å². The maximum Gasteiger partial charge on any atom is 0.0542 e. The fraction of sp³-hybridized carbons (Fsp3) is 0. The van der Waals surface area contributed by atoms with Crippen LogP contribution in [0.3, 0.4) is 0 Å². The van der Waals surface area contributed by atoms with Gasteiger partial charge >= 0.3 is 0 Å². The fourth-order valence-electron chi connectivity index (χ4n) is 6.57. The molecule has 0 fully saturated rings. The van der Waals surface area contributed by atoms with Crippen molar-refractivity contribution in [2.75, 3.05) is 4.90 Å². The minimum Gasteiger partial charge on any atom is -0.310 e.